The molecule has 0 aliphatic rings. The van der Waals surface area contributed by atoms with Crippen LogP contribution in [0.15, 0.2) is 48.5 Å². The molecule has 116 valence electrons. The van der Waals surface area contributed by atoms with E-state index in [-0.39, 0.29) is 5.91 Å². The molecule has 0 unspecified atom stereocenters. The van der Waals surface area contributed by atoms with Crippen molar-refractivity contribution in [3.05, 3.63) is 69.6 Å². The van der Waals surface area contributed by atoms with Gasteiger partial charge in [-0.05, 0) is 25.1 Å². The molecule has 2 amide bonds. The summed E-state index contributed by atoms with van der Waals surface area (Å²) >= 11 is 7.53. The minimum absolute atomic E-state index is 0.373. The zero-order valence-electron chi connectivity index (χ0n) is 12.2. The molecular weight excluding hydrogens is 332 g/mol. The number of carbonyl (C=O) groups is 2. The number of halogens is 1. The van der Waals surface area contributed by atoms with Gasteiger partial charge in [0.25, 0.3) is 11.8 Å². The third-order valence-electron chi connectivity index (χ3n) is 3.31. The first-order valence-corrected chi connectivity index (χ1v) is 8.10. The average Bonchev–Trinajstić information content (AvgIpc) is 2.90. The molecule has 0 saturated heterocycles. The Kier molecular flexibility index (Phi) is 4.32. The van der Waals surface area contributed by atoms with E-state index in [1.165, 1.54) is 11.3 Å². The molecule has 2 aromatic carbocycles. The highest BCUT2D eigenvalue weighted by molar-refractivity contribution is 7.21. The molecule has 0 radical (unpaired) electrons. The second kappa shape index (κ2) is 6.40. The van der Waals surface area contributed by atoms with Gasteiger partial charge in [0.15, 0.2) is 0 Å². The molecule has 1 heterocycles. The molecule has 3 rings (SSSR count). The fourth-order valence-electron chi connectivity index (χ4n) is 2.19. The van der Waals surface area contributed by atoms with Gasteiger partial charge in [-0.25, -0.2) is 0 Å². The van der Waals surface area contributed by atoms with Crippen LogP contribution in [-0.4, -0.2) is 11.8 Å². The molecule has 0 aliphatic heterocycles. The van der Waals surface area contributed by atoms with Gasteiger partial charge in [-0.3, -0.25) is 20.4 Å². The monoisotopic (exact) mass is 344 g/mol. The summed E-state index contributed by atoms with van der Waals surface area (Å²) in [6, 6.07) is 14.6. The van der Waals surface area contributed by atoms with Gasteiger partial charge in [0, 0.05) is 15.6 Å². The molecule has 0 bridgehead atoms. The van der Waals surface area contributed by atoms with Gasteiger partial charge in [-0.2, -0.15) is 0 Å². The number of hydrogen-bond acceptors (Lipinski definition) is 3. The SMILES string of the molecule is Cc1cccc(C(=O)NNC(=O)c2sc3ccccc3c2Cl)c1. The summed E-state index contributed by atoms with van der Waals surface area (Å²) in [4.78, 5) is 24.6. The van der Waals surface area contributed by atoms with Crippen LogP contribution in [-0.2, 0) is 0 Å². The van der Waals surface area contributed by atoms with E-state index in [1.807, 2.05) is 37.3 Å². The third kappa shape index (κ3) is 3.21. The van der Waals surface area contributed by atoms with E-state index in [4.69, 9.17) is 11.6 Å². The number of aryl methyl sites for hydroxylation is 1. The van der Waals surface area contributed by atoms with Gasteiger partial charge in [0.1, 0.15) is 4.88 Å². The van der Waals surface area contributed by atoms with Crippen molar-refractivity contribution >= 4 is 44.8 Å². The number of nitrogens with one attached hydrogen (secondary N) is 2. The standard InChI is InChI=1S/C17H13ClN2O2S/c1-10-5-4-6-11(9-10)16(21)19-20-17(22)15-14(18)12-7-2-3-8-13(12)23-15/h2-9H,1H3,(H,19,21)(H,20,22). The van der Waals surface area contributed by atoms with Crippen LogP contribution in [0.3, 0.4) is 0 Å². The van der Waals surface area contributed by atoms with E-state index < -0.39 is 5.91 Å². The van der Waals surface area contributed by atoms with Crippen LogP contribution >= 0.6 is 22.9 Å². The van der Waals surface area contributed by atoms with Crippen LogP contribution in [0.5, 0.6) is 0 Å². The predicted octanol–water partition coefficient (Wildman–Crippen LogP) is 3.94. The van der Waals surface area contributed by atoms with Gasteiger partial charge >= 0.3 is 0 Å². The molecule has 0 fully saturated rings. The third-order valence-corrected chi connectivity index (χ3v) is 4.99. The first-order valence-electron chi connectivity index (χ1n) is 6.90. The van der Waals surface area contributed by atoms with E-state index in [1.54, 1.807) is 18.2 Å². The highest BCUT2D eigenvalue weighted by Crippen LogP contribution is 2.34. The molecule has 0 atom stereocenters. The maximum absolute atomic E-state index is 12.2. The number of thiophene rings is 1. The summed E-state index contributed by atoms with van der Waals surface area (Å²) in [5.74, 6) is -0.809. The zero-order valence-corrected chi connectivity index (χ0v) is 13.8. The van der Waals surface area contributed by atoms with Crippen molar-refractivity contribution in [3.8, 4) is 0 Å². The fourth-order valence-corrected chi connectivity index (χ4v) is 3.60. The Morgan fingerprint density at radius 1 is 1.00 bits per heavy atom. The second-order valence-electron chi connectivity index (χ2n) is 5.02. The predicted molar refractivity (Wildman–Crippen MR) is 92.9 cm³/mol. The van der Waals surface area contributed by atoms with Crippen molar-refractivity contribution in [1.82, 2.24) is 10.9 Å². The van der Waals surface area contributed by atoms with Gasteiger partial charge in [-0.15, -0.1) is 11.3 Å². The van der Waals surface area contributed by atoms with Crippen molar-refractivity contribution in [2.45, 2.75) is 6.92 Å². The van der Waals surface area contributed by atoms with E-state index in [0.29, 0.717) is 15.5 Å². The van der Waals surface area contributed by atoms with Gasteiger partial charge in [-0.1, -0.05) is 47.5 Å². The summed E-state index contributed by atoms with van der Waals surface area (Å²) in [6.45, 7) is 1.90. The molecule has 1 aromatic heterocycles. The van der Waals surface area contributed by atoms with Crippen LogP contribution in [0.1, 0.15) is 25.6 Å². The van der Waals surface area contributed by atoms with Crippen LogP contribution in [0.2, 0.25) is 5.02 Å². The minimum Gasteiger partial charge on any atom is -0.267 e. The number of amides is 2. The highest BCUT2D eigenvalue weighted by Gasteiger charge is 2.17. The maximum Gasteiger partial charge on any atom is 0.281 e. The van der Waals surface area contributed by atoms with Crippen molar-refractivity contribution in [3.63, 3.8) is 0 Å². The van der Waals surface area contributed by atoms with Crippen LogP contribution in [0.25, 0.3) is 10.1 Å². The van der Waals surface area contributed by atoms with Crippen molar-refractivity contribution in [2.24, 2.45) is 0 Å². The molecular formula is C17H13ClN2O2S. The van der Waals surface area contributed by atoms with E-state index in [9.17, 15) is 9.59 Å². The quantitative estimate of drug-likeness (QED) is 0.692. The number of carbonyl (C=O) groups excluding carboxylic acids is 2. The Labute approximate surface area is 142 Å². The van der Waals surface area contributed by atoms with Gasteiger partial charge in [0.2, 0.25) is 0 Å². The highest BCUT2D eigenvalue weighted by atomic mass is 35.5. The van der Waals surface area contributed by atoms with Gasteiger partial charge in [0.05, 0.1) is 5.02 Å². The van der Waals surface area contributed by atoms with E-state index in [2.05, 4.69) is 10.9 Å². The lowest BCUT2D eigenvalue weighted by Crippen LogP contribution is -2.41. The summed E-state index contributed by atoms with van der Waals surface area (Å²) in [6.07, 6.45) is 0. The largest absolute Gasteiger partial charge is 0.281 e. The molecule has 2 N–H and O–H groups in total. The Hall–Kier alpha value is -2.37. The summed E-state index contributed by atoms with van der Waals surface area (Å²) < 4.78 is 0.924. The first-order chi connectivity index (χ1) is 11.1. The van der Waals surface area contributed by atoms with Crippen molar-refractivity contribution in [2.75, 3.05) is 0 Å². The van der Waals surface area contributed by atoms with E-state index in [0.717, 1.165) is 15.6 Å². The zero-order chi connectivity index (χ0) is 16.4. The number of hydrogen-bond donors (Lipinski definition) is 2. The maximum atomic E-state index is 12.2. The second-order valence-corrected chi connectivity index (χ2v) is 6.45. The Morgan fingerprint density at radius 2 is 1.74 bits per heavy atom. The summed E-state index contributed by atoms with van der Waals surface area (Å²) in [7, 11) is 0. The molecule has 23 heavy (non-hydrogen) atoms. The lowest BCUT2D eigenvalue weighted by molar-refractivity contribution is 0.0849. The topological polar surface area (TPSA) is 58.2 Å². The van der Waals surface area contributed by atoms with Crippen LogP contribution < -0.4 is 10.9 Å². The number of fused-ring (bicyclic) bond motifs is 1. The lowest BCUT2D eigenvalue weighted by atomic mass is 10.1. The molecule has 0 aliphatic carbocycles. The Morgan fingerprint density at radius 3 is 2.48 bits per heavy atom. The first kappa shape index (κ1) is 15.5. The van der Waals surface area contributed by atoms with Crippen molar-refractivity contribution < 1.29 is 9.59 Å². The number of rotatable bonds is 2. The molecule has 0 saturated carbocycles. The molecule has 6 heteroatoms. The lowest BCUT2D eigenvalue weighted by Gasteiger charge is -2.07. The summed E-state index contributed by atoms with van der Waals surface area (Å²) in [5, 5.41) is 1.22. The molecule has 0 spiro atoms. The average molecular weight is 345 g/mol. The minimum atomic E-state index is -0.433. The Bertz CT molecular complexity index is 904. The number of hydrazine groups is 1. The normalized spacial score (nSPS) is 10.5. The van der Waals surface area contributed by atoms with Crippen LogP contribution in [0.4, 0.5) is 0 Å². The Balaban J connectivity index is 1.74. The van der Waals surface area contributed by atoms with Crippen LogP contribution in [0, 0.1) is 6.92 Å². The smallest absolute Gasteiger partial charge is 0.267 e. The molecule has 3 aromatic rings. The molecule has 4 nitrogen and oxygen atoms in total. The van der Waals surface area contributed by atoms with E-state index >= 15 is 0 Å². The van der Waals surface area contributed by atoms with Gasteiger partial charge < -0.3 is 0 Å². The van der Waals surface area contributed by atoms with Crippen molar-refractivity contribution in [1.29, 1.82) is 0 Å². The summed E-state index contributed by atoms with van der Waals surface area (Å²) in [5.41, 5.74) is 6.26. The number of benzene rings is 2. The fraction of sp³-hybridized carbons (Fsp3) is 0.0588.